The van der Waals surface area contributed by atoms with Crippen LogP contribution >= 0.6 is 54.5 Å². The Bertz CT molecular complexity index is 459. The van der Waals surface area contributed by atoms with E-state index in [1.165, 1.54) is 4.88 Å². The summed E-state index contributed by atoms with van der Waals surface area (Å²) in [5.41, 5.74) is 1.11. The van der Waals surface area contributed by atoms with E-state index in [1.54, 1.807) is 22.7 Å². The zero-order valence-corrected chi connectivity index (χ0v) is 13.4. The quantitative estimate of drug-likeness (QED) is 0.842. The van der Waals surface area contributed by atoms with Crippen molar-refractivity contribution >= 4 is 54.5 Å². The lowest BCUT2D eigenvalue weighted by molar-refractivity contribution is 0.715. The molecule has 0 amide bonds. The number of nitrogens with one attached hydrogen (secondary N) is 1. The number of nitrogens with zero attached hydrogens (tertiary/aromatic N) is 1. The lowest BCUT2D eigenvalue weighted by Gasteiger charge is -1.95. The molecule has 0 aliphatic rings. The van der Waals surface area contributed by atoms with Crippen molar-refractivity contribution in [1.29, 1.82) is 0 Å². The van der Waals surface area contributed by atoms with E-state index >= 15 is 0 Å². The highest BCUT2D eigenvalue weighted by molar-refractivity contribution is 9.13. The van der Waals surface area contributed by atoms with Gasteiger partial charge in [-0.25, -0.2) is 4.98 Å². The van der Waals surface area contributed by atoms with Crippen molar-refractivity contribution in [1.82, 2.24) is 10.3 Å². The van der Waals surface area contributed by atoms with Gasteiger partial charge in [-0.05, 0) is 44.5 Å². The van der Waals surface area contributed by atoms with Crippen molar-refractivity contribution in [3.8, 4) is 9.88 Å². The SMILES string of the molecule is CCNCc1csc(-c2cc(Br)c(Br)s2)n1. The van der Waals surface area contributed by atoms with Crippen LogP contribution in [0.25, 0.3) is 9.88 Å². The van der Waals surface area contributed by atoms with Crippen LogP contribution in [0.4, 0.5) is 0 Å². The van der Waals surface area contributed by atoms with E-state index in [0.29, 0.717) is 0 Å². The molecular weight excluding hydrogens is 372 g/mol. The Morgan fingerprint density at radius 2 is 2.25 bits per heavy atom. The number of halogens is 2. The molecule has 0 saturated heterocycles. The van der Waals surface area contributed by atoms with Crippen molar-refractivity contribution in [2.24, 2.45) is 0 Å². The molecule has 0 atom stereocenters. The minimum Gasteiger partial charge on any atom is -0.311 e. The summed E-state index contributed by atoms with van der Waals surface area (Å²) in [6.07, 6.45) is 0. The first-order chi connectivity index (χ1) is 7.70. The number of thiophene rings is 1. The fourth-order valence-electron chi connectivity index (χ4n) is 1.21. The molecule has 0 aliphatic carbocycles. The highest BCUT2D eigenvalue weighted by Gasteiger charge is 2.10. The summed E-state index contributed by atoms with van der Waals surface area (Å²) in [5.74, 6) is 0. The Morgan fingerprint density at radius 1 is 1.44 bits per heavy atom. The zero-order valence-electron chi connectivity index (χ0n) is 8.59. The van der Waals surface area contributed by atoms with E-state index in [9.17, 15) is 0 Å². The highest BCUT2D eigenvalue weighted by Crippen LogP contribution is 2.39. The summed E-state index contributed by atoms with van der Waals surface area (Å²) in [4.78, 5) is 5.80. The first kappa shape index (κ1) is 12.7. The van der Waals surface area contributed by atoms with Crippen LogP contribution in [0.3, 0.4) is 0 Å². The second kappa shape index (κ2) is 5.73. The van der Waals surface area contributed by atoms with Gasteiger partial charge in [0.2, 0.25) is 0 Å². The van der Waals surface area contributed by atoms with Gasteiger partial charge >= 0.3 is 0 Å². The summed E-state index contributed by atoms with van der Waals surface area (Å²) in [7, 11) is 0. The number of rotatable bonds is 4. The normalized spacial score (nSPS) is 10.9. The Labute approximate surface area is 119 Å². The smallest absolute Gasteiger partial charge is 0.133 e. The molecule has 0 radical (unpaired) electrons. The van der Waals surface area contributed by atoms with Gasteiger partial charge in [-0.15, -0.1) is 22.7 Å². The molecule has 2 rings (SSSR count). The summed E-state index contributed by atoms with van der Waals surface area (Å²) in [6.45, 7) is 3.92. The molecule has 0 unspecified atom stereocenters. The maximum Gasteiger partial charge on any atom is 0.133 e. The van der Waals surface area contributed by atoms with Gasteiger partial charge in [-0.1, -0.05) is 6.92 Å². The second-order valence-electron chi connectivity index (χ2n) is 3.16. The third-order valence-corrected chi connectivity index (χ3v) is 6.28. The summed E-state index contributed by atoms with van der Waals surface area (Å²) >= 11 is 10.4. The molecule has 0 fully saturated rings. The number of hydrogen-bond donors (Lipinski definition) is 1. The molecule has 86 valence electrons. The van der Waals surface area contributed by atoms with Crippen LogP contribution < -0.4 is 5.32 Å². The maximum atomic E-state index is 4.60. The van der Waals surface area contributed by atoms with Crippen LogP contribution in [0.5, 0.6) is 0 Å². The van der Waals surface area contributed by atoms with Crippen LogP contribution in [-0.4, -0.2) is 11.5 Å². The first-order valence-corrected chi connectivity index (χ1v) is 8.09. The largest absolute Gasteiger partial charge is 0.311 e. The Kier molecular flexibility index (Phi) is 4.55. The molecule has 2 aromatic rings. The fourth-order valence-corrected chi connectivity index (χ4v) is 4.12. The van der Waals surface area contributed by atoms with Gasteiger partial charge in [-0.2, -0.15) is 0 Å². The van der Waals surface area contributed by atoms with Gasteiger partial charge in [0.05, 0.1) is 14.4 Å². The van der Waals surface area contributed by atoms with E-state index < -0.39 is 0 Å². The van der Waals surface area contributed by atoms with Gasteiger partial charge in [0.25, 0.3) is 0 Å². The third-order valence-electron chi connectivity index (χ3n) is 1.96. The zero-order chi connectivity index (χ0) is 11.5. The number of thiazole rings is 1. The number of aromatic nitrogens is 1. The standard InChI is InChI=1S/C10H10Br2N2S2/c1-2-13-4-6-5-15-10(14-6)8-3-7(11)9(12)16-8/h3,5,13H,2,4H2,1H3. The van der Waals surface area contributed by atoms with Gasteiger partial charge in [0.1, 0.15) is 5.01 Å². The van der Waals surface area contributed by atoms with Crippen molar-refractivity contribution in [2.75, 3.05) is 6.54 Å². The molecule has 2 heterocycles. The van der Waals surface area contributed by atoms with Crippen LogP contribution in [0.1, 0.15) is 12.6 Å². The van der Waals surface area contributed by atoms with Gasteiger partial charge in [0.15, 0.2) is 0 Å². The van der Waals surface area contributed by atoms with E-state index in [1.807, 2.05) is 0 Å². The Morgan fingerprint density at radius 3 is 2.88 bits per heavy atom. The van der Waals surface area contributed by atoms with Crippen molar-refractivity contribution in [2.45, 2.75) is 13.5 Å². The predicted octanol–water partition coefficient (Wildman–Crippen LogP) is 4.51. The summed E-state index contributed by atoms with van der Waals surface area (Å²) in [5, 5.41) is 6.47. The average Bonchev–Trinajstić information content (AvgIpc) is 2.84. The van der Waals surface area contributed by atoms with Crippen LogP contribution in [0.15, 0.2) is 19.7 Å². The first-order valence-electron chi connectivity index (χ1n) is 4.81. The van der Waals surface area contributed by atoms with E-state index in [4.69, 9.17) is 0 Å². The van der Waals surface area contributed by atoms with Gasteiger partial charge in [-0.3, -0.25) is 0 Å². The average molecular weight is 382 g/mol. The molecule has 16 heavy (non-hydrogen) atoms. The molecular formula is C10H10Br2N2S2. The van der Waals surface area contributed by atoms with Crippen molar-refractivity contribution in [3.05, 3.63) is 25.4 Å². The molecule has 0 saturated carbocycles. The van der Waals surface area contributed by atoms with E-state index in [0.717, 1.165) is 32.1 Å². The lowest BCUT2D eigenvalue weighted by Crippen LogP contribution is -2.11. The molecule has 6 heteroatoms. The molecule has 0 bridgehead atoms. The topological polar surface area (TPSA) is 24.9 Å². The molecule has 1 N–H and O–H groups in total. The van der Waals surface area contributed by atoms with Crippen LogP contribution in [-0.2, 0) is 6.54 Å². The minimum absolute atomic E-state index is 0.848. The minimum atomic E-state index is 0.848. The molecule has 0 spiro atoms. The number of hydrogen-bond acceptors (Lipinski definition) is 4. The highest BCUT2D eigenvalue weighted by atomic mass is 79.9. The molecule has 2 aromatic heterocycles. The third kappa shape index (κ3) is 2.92. The summed E-state index contributed by atoms with van der Waals surface area (Å²) < 4.78 is 2.21. The van der Waals surface area contributed by atoms with Gasteiger partial charge < -0.3 is 5.32 Å². The maximum absolute atomic E-state index is 4.60. The molecule has 0 aromatic carbocycles. The van der Waals surface area contributed by atoms with Gasteiger partial charge in [0, 0.05) is 16.4 Å². The second-order valence-corrected chi connectivity index (χ2v) is 7.24. The molecule has 2 nitrogen and oxygen atoms in total. The van der Waals surface area contributed by atoms with Crippen LogP contribution in [0.2, 0.25) is 0 Å². The fraction of sp³-hybridized carbons (Fsp3) is 0.300. The van der Waals surface area contributed by atoms with Crippen LogP contribution in [0, 0.1) is 0 Å². The summed E-state index contributed by atoms with van der Waals surface area (Å²) in [6, 6.07) is 2.10. The Balaban J connectivity index is 2.18. The lowest BCUT2D eigenvalue weighted by atomic mass is 10.4. The Hall–Kier alpha value is 0.250. The van der Waals surface area contributed by atoms with E-state index in [-0.39, 0.29) is 0 Å². The monoisotopic (exact) mass is 380 g/mol. The predicted molar refractivity (Wildman–Crippen MR) is 78.2 cm³/mol. The van der Waals surface area contributed by atoms with Crippen molar-refractivity contribution < 1.29 is 0 Å². The van der Waals surface area contributed by atoms with Crippen molar-refractivity contribution in [3.63, 3.8) is 0 Å². The molecule has 0 aliphatic heterocycles. The van der Waals surface area contributed by atoms with E-state index in [2.05, 4.69) is 60.5 Å².